The molecule has 96 valence electrons. The van der Waals surface area contributed by atoms with E-state index in [4.69, 9.17) is 10.2 Å². The third-order valence-electron chi connectivity index (χ3n) is 3.07. The second kappa shape index (κ2) is 4.78. The molecule has 0 aliphatic rings. The van der Waals surface area contributed by atoms with Gasteiger partial charge in [0.05, 0.1) is 6.04 Å². The van der Waals surface area contributed by atoms with Crippen molar-refractivity contribution in [1.82, 2.24) is 15.2 Å². The van der Waals surface area contributed by atoms with Crippen LogP contribution in [0.4, 0.5) is 0 Å². The lowest BCUT2D eigenvalue weighted by atomic mass is 10.1. The molecule has 2 N–H and O–H groups in total. The molecule has 3 aromatic rings. The quantitative estimate of drug-likeness (QED) is 0.777. The Bertz CT molecular complexity index is 702. The van der Waals surface area contributed by atoms with Gasteiger partial charge in [-0.05, 0) is 17.9 Å². The molecule has 1 unspecified atom stereocenters. The average Bonchev–Trinajstić information content (AvgIpc) is 2.95. The van der Waals surface area contributed by atoms with E-state index in [0.717, 1.165) is 17.2 Å². The number of hydrogen-bond acceptors (Lipinski definition) is 5. The summed E-state index contributed by atoms with van der Waals surface area (Å²) in [6.45, 7) is 1.98. The van der Waals surface area contributed by atoms with Gasteiger partial charge in [-0.25, -0.2) is 0 Å². The Morgan fingerprint density at radius 2 is 2.05 bits per heavy atom. The van der Waals surface area contributed by atoms with Gasteiger partial charge in [-0.1, -0.05) is 31.2 Å². The predicted molar refractivity (Wildman–Crippen MR) is 72.3 cm³/mol. The summed E-state index contributed by atoms with van der Waals surface area (Å²) in [4.78, 5) is 4.34. The van der Waals surface area contributed by atoms with Crippen LogP contribution < -0.4 is 5.73 Å². The Labute approximate surface area is 110 Å². The van der Waals surface area contributed by atoms with Gasteiger partial charge >= 0.3 is 0 Å². The predicted octanol–water partition coefficient (Wildman–Crippen LogP) is 2.69. The topological polar surface area (TPSA) is 77.8 Å². The number of rotatable bonds is 3. The number of fused-ring (bicyclic) bond motifs is 1. The minimum Gasteiger partial charge on any atom is -0.418 e. The third-order valence-corrected chi connectivity index (χ3v) is 3.07. The first-order valence-electron chi connectivity index (χ1n) is 6.22. The lowest BCUT2D eigenvalue weighted by molar-refractivity contribution is 0.452. The Kier molecular flexibility index (Phi) is 2.97. The molecule has 0 saturated carbocycles. The minimum atomic E-state index is -0.226. The molecule has 0 saturated heterocycles. The van der Waals surface area contributed by atoms with Crippen molar-refractivity contribution in [3.63, 3.8) is 0 Å². The van der Waals surface area contributed by atoms with Gasteiger partial charge in [-0.3, -0.25) is 4.98 Å². The molecule has 1 atom stereocenters. The summed E-state index contributed by atoms with van der Waals surface area (Å²) >= 11 is 0. The summed E-state index contributed by atoms with van der Waals surface area (Å²) in [5.41, 5.74) is 6.58. The largest absolute Gasteiger partial charge is 0.418 e. The number of pyridine rings is 1. The van der Waals surface area contributed by atoms with Crippen LogP contribution in [0.5, 0.6) is 0 Å². The molecule has 0 amide bonds. The molecule has 0 spiro atoms. The van der Waals surface area contributed by atoms with Crippen LogP contribution in [-0.4, -0.2) is 15.2 Å². The van der Waals surface area contributed by atoms with Gasteiger partial charge in [0.1, 0.15) is 5.69 Å². The van der Waals surface area contributed by atoms with Gasteiger partial charge in [-0.15, -0.1) is 10.2 Å². The van der Waals surface area contributed by atoms with Crippen molar-refractivity contribution < 1.29 is 4.42 Å². The Morgan fingerprint density at radius 3 is 2.89 bits per heavy atom. The maximum absolute atomic E-state index is 5.88. The zero-order chi connectivity index (χ0) is 13.2. The molecule has 5 heteroatoms. The van der Waals surface area contributed by atoms with E-state index in [0.29, 0.717) is 17.5 Å². The van der Waals surface area contributed by atoms with Crippen molar-refractivity contribution >= 4 is 10.8 Å². The van der Waals surface area contributed by atoms with E-state index < -0.39 is 0 Å². The van der Waals surface area contributed by atoms with Crippen LogP contribution in [-0.2, 0) is 0 Å². The number of aromatic nitrogens is 3. The second-order valence-electron chi connectivity index (χ2n) is 4.34. The van der Waals surface area contributed by atoms with Crippen LogP contribution in [0.3, 0.4) is 0 Å². The van der Waals surface area contributed by atoms with Crippen molar-refractivity contribution in [2.45, 2.75) is 19.4 Å². The van der Waals surface area contributed by atoms with Crippen LogP contribution in [0.1, 0.15) is 25.3 Å². The highest BCUT2D eigenvalue weighted by atomic mass is 16.4. The summed E-state index contributed by atoms with van der Waals surface area (Å²) in [6, 6.07) is 9.68. The molecule has 3 rings (SSSR count). The van der Waals surface area contributed by atoms with Crippen LogP contribution in [0, 0.1) is 0 Å². The molecular weight excluding hydrogens is 240 g/mol. The summed E-state index contributed by atoms with van der Waals surface area (Å²) in [5, 5.41) is 10.1. The van der Waals surface area contributed by atoms with Gasteiger partial charge < -0.3 is 10.2 Å². The van der Waals surface area contributed by atoms with Crippen molar-refractivity contribution in [2.75, 3.05) is 0 Å². The molecule has 0 bridgehead atoms. The third kappa shape index (κ3) is 2.08. The second-order valence-corrected chi connectivity index (χ2v) is 4.34. The smallest absolute Gasteiger partial charge is 0.266 e. The van der Waals surface area contributed by atoms with Crippen molar-refractivity contribution in [3.05, 3.63) is 42.4 Å². The van der Waals surface area contributed by atoms with E-state index in [1.165, 1.54) is 0 Å². The first-order valence-corrected chi connectivity index (χ1v) is 6.22. The highest BCUT2D eigenvalue weighted by Gasteiger charge is 2.16. The van der Waals surface area contributed by atoms with Gasteiger partial charge in [0.15, 0.2) is 0 Å². The fraction of sp³-hybridized carbons (Fsp3) is 0.214. The molecule has 1 aromatic carbocycles. The van der Waals surface area contributed by atoms with E-state index in [9.17, 15) is 0 Å². The zero-order valence-electron chi connectivity index (χ0n) is 10.6. The molecular formula is C14H14N4O. The number of nitrogens with zero attached hydrogens (tertiary/aromatic N) is 3. The first kappa shape index (κ1) is 11.8. The van der Waals surface area contributed by atoms with Gasteiger partial charge in [0.25, 0.3) is 5.89 Å². The number of benzene rings is 1. The Balaban J connectivity index is 2.12. The molecule has 5 nitrogen and oxygen atoms in total. The average molecular weight is 254 g/mol. The SMILES string of the molecule is CCC(N)c1nnc(-c2nccc3ccccc23)o1. The summed E-state index contributed by atoms with van der Waals surface area (Å²) in [5.74, 6) is 0.864. The van der Waals surface area contributed by atoms with E-state index >= 15 is 0 Å². The molecule has 0 aliphatic carbocycles. The highest BCUT2D eigenvalue weighted by Crippen LogP contribution is 2.26. The Morgan fingerprint density at radius 1 is 1.21 bits per heavy atom. The number of hydrogen-bond donors (Lipinski definition) is 1. The molecule has 0 fully saturated rings. The fourth-order valence-corrected chi connectivity index (χ4v) is 1.94. The van der Waals surface area contributed by atoms with Crippen molar-refractivity contribution in [3.8, 4) is 11.6 Å². The molecule has 2 aromatic heterocycles. The van der Waals surface area contributed by atoms with Gasteiger partial charge in [-0.2, -0.15) is 0 Å². The first-order chi connectivity index (χ1) is 9.29. The van der Waals surface area contributed by atoms with Crippen LogP contribution in [0.25, 0.3) is 22.4 Å². The molecule has 0 aliphatic heterocycles. The Hall–Kier alpha value is -2.27. The maximum atomic E-state index is 5.88. The number of nitrogens with two attached hydrogens (primary N) is 1. The minimum absolute atomic E-state index is 0.226. The van der Waals surface area contributed by atoms with E-state index in [1.54, 1.807) is 6.20 Å². The standard InChI is InChI=1S/C14H14N4O/c1-2-11(15)13-17-18-14(19-13)12-10-6-4-3-5-9(10)7-8-16-12/h3-8,11H,2,15H2,1H3. The monoisotopic (exact) mass is 254 g/mol. The molecule has 0 radical (unpaired) electrons. The van der Waals surface area contributed by atoms with Crippen LogP contribution in [0.2, 0.25) is 0 Å². The van der Waals surface area contributed by atoms with Gasteiger partial charge in [0, 0.05) is 11.6 Å². The van der Waals surface area contributed by atoms with Crippen molar-refractivity contribution in [2.24, 2.45) is 5.73 Å². The summed E-state index contributed by atoms with van der Waals surface area (Å²) in [7, 11) is 0. The summed E-state index contributed by atoms with van der Waals surface area (Å²) < 4.78 is 5.62. The van der Waals surface area contributed by atoms with Crippen molar-refractivity contribution in [1.29, 1.82) is 0 Å². The maximum Gasteiger partial charge on any atom is 0.266 e. The zero-order valence-corrected chi connectivity index (χ0v) is 10.6. The lowest BCUT2D eigenvalue weighted by Gasteiger charge is -2.02. The van der Waals surface area contributed by atoms with Gasteiger partial charge in [0.2, 0.25) is 5.89 Å². The molecule has 2 heterocycles. The summed E-state index contributed by atoms with van der Waals surface area (Å²) in [6.07, 6.45) is 2.49. The normalized spacial score (nSPS) is 12.7. The van der Waals surface area contributed by atoms with Crippen LogP contribution in [0.15, 0.2) is 40.9 Å². The highest BCUT2D eigenvalue weighted by molar-refractivity contribution is 5.92. The van der Waals surface area contributed by atoms with E-state index in [1.807, 2.05) is 37.3 Å². The lowest BCUT2D eigenvalue weighted by Crippen LogP contribution is -2.08. The fourth-order valence-electron chi connectivity index (χ4n) is 1.94. The van der Waals surface area contributed by atoms with Crippen LogP contribution >= 0.6 is 0 Å². The van der Waals surface area contributed by atoms with E-state index in [-0.39, 0.29) is 6.04 Å². The van der Waals surface area contributed by atoms with E-state index in [2.05, 4.69) is 15.2 Å². The molecule has 19 heavy (non-hydrogen) atoms.